The first-order valence-corrected chi connectivity index (χ1v) is 6.20. The molecule has 0 unspecified atom stereocenters. The van der Waals surface area contributed by atoms with Crippen molar-refractivity contribution in [2.75, 3.05) is 0 Å². The highest BCUT2D eigenvalue weighted by Crippen LogP contribution is 2.23. The quantitative estimate of drug-likeness (QED) is 0.720. The molecule has 2 aromatic rings. The molecule has 0 fully saturated rings. The van der Waals surface area contributed by atoms with E-state index >= 15 is 0 Å². The first kappa shape index (κ1) is 11.0. The van der Waals surface area contributed by atoms with Crippen molar-refractivity contribution >= 4 is 0 Å². The summed E-state index contributed by atoms with van der Waals surface area (Å²) >= 11 is 0. The Morgan fingerprint density at radius 2 is 1.83 bits per heavy atom. The standard InChI is InChI=1S/C14H14N2O2/c17-15-10-14(11-6-2-1-3-7-11)16(18)13-9-5-4-8-12(13)15/h1-3,6-7,10H,4-5,8-9H2. The zero-order valence-corrected chi connectivity index (χ0v) is 10.0. The van der Waals surface area contributed by atoms with E-state index in [2.05, 4.69) is 0 Å². The fraction of sp³-hybridized carbons (Fsp3) is 0.286. The minimum atomic E-state index is 0.436. The lowest BCUT2D eigenvalue weighted by molar-refractivity contribution is -0.506. The van der Waals surface area contributed by atoms with E-state index in [1.165, 1.54) is 6.20 Å². The normalized spacial score (nSPS) is 14.2. The number of rotatable bonds is 1. The summed E-state index contributed by atoms with van der Waals surface area (Å²) in [6.07, 6.45) is 4.76. The molecule has 4 heteroatoms. The van der Waals surface area contributed by atoms with Crippen molar-refractivity contribution in [2.24, 2.45) is 0 Å². The maximum absolute atomic E-state index is 12.3. The molecule has 3 rings (SSSR count). The monoisotopic (exact) mass is 242 g/mol. The second kappa shape index (κ2) is 4.29. The number of aromatic nitrogens is 2. The van der Waals surface area contributed by atoms with Gasteiger partial charge in [-0.2, -0.15) is 0 Å². The van der Waals surface area contributed by atoms with Crippen molar-refractivity contribution in [2.45, 2.75) is 25.7 Å². The van der Waals surface area contributed by atoms with Gasteiger partial charge in [0.15, 0.2) is 0 Å². The summed E-state index contributed by atoms with van der Waals surface area (Å²) in [6, 6.07) is 9.31. The van der Waals surface area contributed by atoms with Gasteiger partial charge in [0.25, 0.3) is 11.9 Å². The molecule has 0 spiro atoms. The minimum Gasteiger partial charge on any atom is -0.805 e. The molecular formula is C14H14N2O2. The molecule has 0 atom stereocenters. The van der Waals surface area contributed by atoms with Gasteiger partial charge in [-0.1, -0.05) is 30.3 Å². The number of hydrogen-bond donors (Lipinski definition) is 0. The molecule has 92 valence electrons. The summed E-state index contributed by atoms with van der Waals surface area (Å²) in [6.45, 7) is 0. The largest absolute Gasteiger partial charge is 0.805 e. The molecule has 0 aliphatic heterocycles. The van der Waals surface area contributed by atoms with Gasteiger partial charge < -0.3 is 9.94 Å². The van der Waals surface area contributed by atoms with E-state index in [4.69, 9.17) is 0 Å². The predicted octanol–water partition coefficient (Wildman–Crippen LogP) is 2.29. The fourth-order valence-electron chi connectivity index (χ4n) is 2.52. The fourth-order valence-corrected chi connectivity index (χ4v) is 2.52. The summed E-state index contributed by atoms with van der Waals surface area (Å²) in [5, 5.41) is 12.3. The first-order valence-electron chi connectivity index (χ1n) is 6.20. The Kier molecular flexibility index (Phi) is 2.63. The molecule has 0 radical (unpaired) electrons. The maximum atomic E-state index is 12.3. The van der Waals surface area contributed by atoms with Crippen molar-refractivity contribution in [3.8, 4) is 11.3 Å². The van der Waals surface area contributed by atoms with Crippen LogP contribution in [0.4, 0.5) is 0 Å². The van der Waals surface area contributed by atoms with Crippen LogP contribution in [0.25, 0.3) is 11.3 Å². The highest BCUT2D eigenvalue weighted by atomic mass is 16.5. The molecule has 1 aliphatic rings. The van der Waals surface area contributed by atoms with E-state index in [0.29, 0.717) is 29.9 Å². The van der Waals surface area contributed by atoms with Gasteiger partial charge in [-0.15, -0.1) is 0 Å². The molecule has 0 saturated heterocycles. The molecule has 18 heavy (non-hydrogen) atoms. The Balaban J connectivity index is 2.24. The van der Waals surface area contributed by atoms with E-state index < -0.39 is 0 Å². The molecule has 0 bridgehead atoms. The number of nitrogens with zero attached hydrogens (tertiary/aromatic N) is 2. The second-order valence-electron chi connectivity index (χ2n) is 4.60. The molecule has 1 aliphatic carbocycles. The van der Waals surface area contributed by atoms with Crippen LogP contribution in [0.3, 0.4) is 0 Å². The highest BCUT2D eigenvalue weighted by Gasteiger charge is 2.23. The predicted molar refractivity (Wildman–Crippen MR) is 68.6 cm³/mol. The Bertz CT molecular complexity index is 632. The Hall–Kier alpha value is -2.10. The van der Waals surface area contributed by atoms with Crippen molar-refractivity contribution < 1.29 is 4.43 Å². The zero-order valence-electron chi connectivity index (χ0n) is 10.0. The van der Waals surface area contributed by atoms with Crippen molar-refractivity contribution in [3.63, 3.8) is 0 Å². The molecule has 1 aromatic carbocycles. The lowest BCUT2D eigenvalue weighted by atomic mass is 10.00. The van der Waals surface area contributed by atoms with Gasteiger partial charge in [-0.25, -0.2) is 0 Å². The molecule has 0 amide bonds. The molecular weight excluding hydrogens is 228 g/mol. The van der Waals surface area contributed by atoms with Crippen LogP contribution in [-0.4, -0.2) is 4.73 Å². The Morgan fingerprint density at radius 3 is 2.61 bits per heavy atom. The zero-order chi connectivity index (χ0) is 12.5. The van der Waals surface area contributed by atoms with Gasteiger partial charge in [0.2, 0.25) is 0 Å². The van der Waals surface area contributed by atoms with Gasteiger partial charge >= 0.3 is 0 Å². The Morgan fingerprint density at radius 1 is 1.11 bits per heavy atom. The summed E-state index contributed by atoms with van der Waals surface area (Å²) in [5.74, 6) is 0. The van der Waals surface area contributed by atoms with Crippen LogP contribution >= 0.6 is 0 Å². The van der Waals surface area contributed by atoms with Gasteiger partial charge in [0.1, 0.15) is 5.69 Å². The third-order valence-corrected chi connectivity index (χ3v) is 3.45. The smallest absolute Gasteiger partial charge is 0.258 e. The van der Waals surface area contributed by atoms with E-state index in [-0.39, 0.29) is 0 Å². The van der Waals surface area contributed by atoms with E-state index in [1.807, 2.05) is 30.3 Å². The van der Waals surface area contributed by atoms with Crippen molar-refractivity contribution in [1.29, 1.82) is 0 Å². The molecule has 4 nitrogen and oxygen atoms in total. The van der Waals surface area contributed by atoms with Crippen LogP contribution in [0, 0.1) is 10.1 Å². The minimum absolute atomic E-state index is 0.436. The van der Waals surface area contributed by atoms with E-state index in [1.54, 1.807) is 0 Å². The van der Waals surface area contributed by atoms with Crippen molar-refractivity contribution in [1.82, 2.24) is 4.73 Å². The second-order valence-corrected chi connectivity index (χ2v) is 4.60. The highest BCUT2D eigenvalue weighted by molar-refractivity contribution is 5.58. The van der Waals surface area contributed by atoms with Crippen LogP contribution in [0.15, 0.2) is 36.5 Å². The Labute approximate surface area is 105 Å². The molecule has 0 saturated carbocycles. The number of fused-ring (bicyclic) bond motifs is 1. The first-order chi connectivity index (χ1) is 8.77. The topological polar surface area (TPSA) is 51.0 Å². The van der Waals surface area contributed by atoms with E-state index in [9.17, 15) is 10.1 Å². The van der Waals surface area contributed by atoms with Crippen LogP contribution in [0.5, 0.6) is 0 Å². The maximum Gasteiger partial charge on any atom is 0.258 e. The number of benzene rings is 1. The summed E-state index contributed by atoms with van der Waals surface area (Å²) in [4.78, 5) is 12.0. The van der Waals surface area contributed by atoms with Crippen LogP contribution in [-0.2, 0) is 12.8 Å². The van der Waals surface area contributed by atoms with Crippen LogP contribution < -0.4 is 4.43 Å². The van der Waals surface area contributed by atoms with Gasteiger partial charge in [-0.3, -0.25) is 0 Å². The summed E-state index contributed by atoms with van der Waals surface area (Å²) in [7, 11) is 0. The van der Waals surface area contributed by atoms with Gasteiger partial charge in [-0.05, 0) is 19.3 Å². The molecule has 1 heterocycles. The number of hydrogen-bond acceptors (Lipinski definition) is 2. The average Bonchev–Trinajstić information content (AvgIpc) is 2.44. The average molecular weight is 242 g/mol. The van der Waals surface area contributed by atoms with Crippen molar-refractivity contribution in [3.05, 3.63) is 58.0 Å². The third kappa shape index (κ3) is 1.70. The molecule has 0 N–H and O–H groups in total. The SMILES string of the molecule is O=[n+]1cc(-c2ccccc2)n([O-])c2c1CCCC2. The van der Waals surface area contributed by atoms with Gasteiger partial charge in [0, 0.05) is 16.9 Å². The summed E-state index contributed by atoms with van der Waals surface area (Å²) in [5.41, 5.74) is 2.49. The van der Waals surface area contributed by atoms with Gasteiger partial charge in [0.05, 0.1) is 10.1 Å². The lowest BCUT2D eigenvalue weighted by Crippen LogP contribution is -2.29. The van der Waals surface area contributed by atoms with Crippen LogP contribution in [0.2, 0.25) is 0 Å². The van der Waals surface area contributed by atoms with E-state index in [0.717, 1.165) is 27.6 Å². The summed E-state index contributed by atoms with van der Waals surface area (Å²) < 4.78 is 1.80. The lowest BCUT2D eigenvalue weighted by Gasteiger charge is -2.23. The van der Waals surface area contributed by atoms with Crippen LogP contribution in [0.1, 0.15) is 24.2 Å². The molecule has 1 aromatic heterocycles. The third-order valence-electron chi connectivity index (χ3n) is 3.45.